The largest absolute Gasteiger partial charge is 0.0630 e. The van der Waals surface area contributed by atoms with Gasteiger partial charge in [-0.15, -0.1) is 0 Å². The molecule has 0 aromatic heterocycles. The standard InChI is InChI=1S/C14H18.C4H10/c1-2-8-13-12(6-1)7-5-11-14(13)9-3-4-10-14;1-4(2)3/h1-2,6,8H,3-5,7,9-11H2;4H,1-3H3. The molecule has 3 rings (SSSR count). The summed E-state index contributed by atoms with van der Waals surface area (Å²) < 4.78 is 0. The molecule has 0 amide bonds. The maximum atomic E-state index is 2.39. The molecule has 0 aliphatic heterocycles. The van der Waals surface area contributed by atoms with E-state index in [4.69, 9.17) is 0 Å². The van der Waals surface area contributed by atoms with Crippen molar-refractivity contribution in [3.8, 4) is 0 Å². The second-order valence-electron chi connectivity index (χ2n) is 6.73. The molecule has 1 saturated carbocycles. The van der Waals surface area contributed by atoms with Crippen LogP contribution in [0.3, 0.4) is 0 Å². The van der Waals surface area contributed by atoms with E-state index in [-0.39, 0.29) is 0 Å². The fourth-order valence-corrected chi connectivity index (χ4v) is 3.58. The van der Waals surface area contributed by atoms with Crippen LogP contribution in [0.1, 0.15) is 70.4 Å². The van der Waals surface area contributed by atoms with Crippen molar-refractivity contribution in [3.05, 3.63) is 35.4 Å². The molecular formula is C18H28. The maximum Gasteiger partial charge on any atom is -0.00441 e. The lowest BCUT2D eigenvalue weighted by molar-refractivity contribution is 0.369. The summed E-state index contributed by atoms with van der Waals surface area (Å²) in [5.74, 6) is 0.833. The third-order valence-electron chi connectivity index (χ3n) is 4.25. The molecule has 1 aromatic rings. The van der Waals surface area contributed by atoms with E-state index in [9.17, 15) is 0 Å². The molecule has 1 aromatic carbocycles. The highest BCUT2D eigenvalue weighted by molar-refractivity contribution is 5.37. The zero-order valence-corrected chi connectivity index (χ0v) is 12.3. The van der Waals surface area contributed by atoms with Crippen LogP contribution >= 0.6 is 0 Å². The van der Waals surface area contributed by atoms with Crippen LogP contribution in [0, 0.1) is 5.92 Å². The van der Waals surface area contributed by atoms with Crippen molar-refractivity contribution in [2.45, 2.75) is 71.1 Å². The summed E-state index contributed by atoms with van der Waals surface area (Å²) >= 11 is 0. The molecule has 0 bridgehead atoms. The summed E-state index contributed by atoms with van der Waals surface area (Å²) in [5, 5.41) is 0. The van der Waals surface area contributed by atoms with Crippen LogP contribution in [0.15, 0.2) is 24.3 Å². The second kappa shape index (κ2) is 5.91. The first-order valence-corrected chi connectivity index (χ1v) is 7.72. The van der Waals surface area contributed by atoms with Gasteiger partial charge >= 0.3 is 0 Å². The maximum absolute atomic E-state index is 2.39. The van der Waals surface area contributed by atoms with Gasteiger partial charge in [0.25, 0.3) is 0 Å². The van der Waals surface area contributed by atoms with Crippen molar-refractivity contribution in [2.24, 2.45) is 5.92 Å². The predicted octanol–water partition coefficient (Wildman–Crippen LogP) is 5.50. The highest BCUT2D eigenvalue weighted by Crippen LogP contribution is 2.48. The average Bonchev–Trinajstić information content (AvgIpc) is 2.79. The Labute approximate surface area is 113 Å². The van der Waals surface area contributed by atoms with Crippen LogP contribution in [0.25, 0.3) is 0 Å². The minimum Gasteiger partial charge on any atom is -0.0630 e. The van der Waals surface area contributed by atoms with E-state index in [0.717, 1.165) is 5.92 Å². The smallest absolute Gasteiger partial charge is 0.00441 e. The third-order valence-corrected chi connectivity index (χ3v) is 4.25. The lowest BCUT2D eigenvalue weighted by atomic mass is 9.69. The quantitative estimate of drug-likeness (QED) is 0.565. The Kier molecular flexibility index (Phi) is 4.48. The topological polar surface area (TPSA) is 0 Å². The molecule has 0 heterocycles. The monoisotopic (exact) mass is 244 g/mol. The van der Waals surface area contributed by atoms with Crippen LogP contribution in [0.5, 0.6) is 0 Å². The third kappa shape index (κ3) is 2.96. The van der Waals surface area contributed by atoms with Crippen LogP contribution in [0.2, 0.25) is 0 Å². The fraction of sp³-hybridized carbons (Fsp3) is 0.667. The number of aryl methyl sites for hydroxylation is 1. The van der Waals surface area contributed by atoms with Gasteiger partial charge in [0.2, 0.25) is 0 Å². The normalized spacial score (nSPS) is 20.4. The van der Waals surface area contributed by atoms with Gasteiger partial charge in [-0.1, -0.05) is 57.9 Å². The minimum atomic E-state index is 0.606. The van der Waals surface area contributed by atoms with Crippen molar-refractivity contribution in [2.75, 3.05) is 0 Å². The summed E-state index contributed by atoms with van der Waals surface area (Å²) in [6, 6.07) is 9.16. The van der Waals surface area contributed by atoms with Gasteiger partial charge in [0.15, 0.2) is 0 Å². The van der Waals surface area contributed by atoms with Gasteiger partial charge < -0.3 is 0 Å². The van der Waals surface area contributed by atoms with E-state index in [2.05, 4.69) is 45.0 Å². The lowest BCUT2D eigenvalue weighted by Crippen LogP contribution is -2.27. The number of hydrogen-bond donors (Lipinski definition) is 0. The highest BCUT2D eigenvalue weighted by Gasteiger charge is 2.38. The summed E-state index contributed by atoms with van der Waals surface area (Å²) in [7, 11) is 0. The second-order valence-corrected chi connectivity index (χ2v) is 6.73. The van der Waals surface area contributed by atoms with Crippen molar-refractivity contribution >= 4 is 0 Å². The summed E-state index contributed by atoms with van der Waals surface area (Å²) in [6.07, 6.45) is 9.98. The molecule has 1 fully saturated rings. The fourth-order valence-electron chi connectivity index (χ4n) is 3.58. The van der Waals surface area contributed by atoms with Crippen LogP contribution < -0.4 is 0 Å². The molecule has 0 heteroatoms. The van der Waals surface area contributed by atoms with Gasteiger partial charge in [-0.3, -0.25) is 0 Å². The molecule has 100 valence electrons. The number of fused-ring (bicyclic) bond motifs is 2. The molecule has 0 nitrogen and oxygen atoms in total. The zero-order valence-electron chi connectivity index (χ0n) is 12.3. The van der Waals surface area contributed by atoms with E-state index >= 15 is 0 Å². The summed E-state index contributed by atoms with van der Waals surface area (Å²) in [6.45, 7) is 6.50. The van der Waals surface area contributed by atoms with Crippen molar-refractivity contribution in [3.63, 3.8) is 0 Å². The molecule has 0 atom stereocenters. The first-order chi connectivity index (χ1) is 8.64. The molecule has 0 saturated heterocycles. The Hall–Kier alpha value is -0.780. The van der Waals surface area contributed by atoms with Crippen LogP contribution in [0.4, 0.5) is 0 Å². The lowest BCUT2D eigenvalue weighted by Gasteiger charge is -2.35. The number of hydrogen-bond acceptors (Lipinski definition) is 0. The minimum absolute atomic E-state index is 0.606. The first kappa shape index (κ1) is 13.6. The zero-order chi connectivity index (χ0) is 13.0. The van der Waals surface area contributed by atoms with Crippen molar-refractivity contribution in [1.82, 2.24) is 0 Å². The van der Waals surface area contributed by atoms with Crippen molar-refractivity contribution < 1.29 is 0 Å². The number of benzene rings is 1. The van der Waals surface area contributed by atoms with Gasteiger partial charge in [-0.05, 0) is 54.6 Å². The highest BCUT2D eigenvalue weighted by atomic mass is 14.4. The Balaban J connectivity index is 0.000000267. The molecule has 0 radical (unpaired) electrons. The van der Waals surface area contributed by atoms with Crippen LogP contribution in [-0.2, 0) is 11.8 Å². The van der Waals surface area contributed by atoms with Gasteiger partial charge in [-0.2, -0.15) is 0 Å². The van der Waals surface area contributed by atoms with E-state index < -0.39 is 0 Å². The van der Waals surface area contributed by atoms with E-state index in [1.54, 1.807) is 11.1 Å². The van der Waals surface area contributed by atoms with Gasteiger partial charge in [0.1, 0.15) is 0 Å². The molecule has 2 aliphatic rings. The number of rotatable bonds is 0. The predicted molar refractivity (Wildman–Crippen MR) is 80.0 cm³/mol. The van der Waals surface area contributed by atoms with Gasteiger partial charge in [0, 0.05) is 0 Å². The van der Waals surface area contributed by atoms with E-state index in [1.165, 1.54) is 44.9 Å². The van der Waals surface area contributed by atoms with Crippen LogP contribution in [-0.4, -0.2) is 0 Å². The SMILES string of the molecule is CC(C)C.c1ccc2c(c1)CCCC21CCCC1. The Bertz CT molecular complexity index is 367. The van der Waals surface area contributed by atoms with Crippen molar-refractivity contribution in [1.29, 1.82) is 0 Å². The molecule has 0 N–H and O–H groups in total. The summed E-state index contributed by atoms with van der Waals surface area (Å²) in [5.41, 5.74) is 3.94. The molecule has 18 heavy (non-hydrogen) atoms. The average molecular weight is 244 g/mol. The first-order valence-electron chi connectivity index (χ1n) is 7.72. The Morgan fingerprint density at radius 1 is 0.889 bits per heavy atom. The molecular weight excluding hydrogens is 216 g/mol. The molecule has 2 aliphatic carbocycles. The summed E-state index contributed by atoms with van der Waals surface area (Å²) in [4.78, 5) is 0. The molecule has 0 unspecified atom stereocenters. The Morgan fingerprint density at radius 3 is 2.11 bits per heavy atom. The molecule has 1 spiro atoms. The van der Waals surface area contributed by atoms with Gasteiger partial charge in [0.05, 0.1) is 0 Å². The Morgan fingerprint density at radius 2 is 1.44 bits per heavy atom. The van der Waals surface area contributed by atoms with Gasteiger partial charge in [-0.25, -0.2) is 0 Å². The van der Waals surface area contributed by atoms with E-state index in [1.807, 2.05) is 0 Å². The van der Waals surface area contributed by atoms with E-state index in [0.29, 0.717) is 5.41 Å².